The normalized spacial score (nSPS) is 21.1. The number of hydrogen-bond acceptors (Lipinski definition) is 0. The summed E-state index contributed by atoms with van der Waals surface area (Å²) in [5.74, 6) is 0. The highest BCUT2D eigenvalue weighted by atomic mass is 79.9. The highest BCUT2D eigenvalue weighted by Crippen LogP contribution is 2.42. The van der Waals surface area contributed by atoms with Gasteiger partial charge in [0.25, 0.3) is 0 Å². The topological polar surface area (TPSA) is 0 Å². The van der Waals surface area contributed by atoms with Crippen LogP contribution >= 0.6 is 43.5 Å². The Labute approximate surface area is 93.6 Å². The molecule has 12 heavy (non-hydrogen) atoms. The molecule has 0 N–H and O–H groups in total. The van der Waals surface area contributed by atoms with Crippen molar-refractivity contribution in [2.75, 3.05) is 0 Å². The van der Waals surface area contributed by atoms with Crippen molar-refractivity contribution < 1.29 is 0 Å². The van der Waals surface area contributed by atoms with Crippen LogP contribution in [0, 0.1) is 0 Å². The summed E-state index contributed by atoms with van der Waals surface area (Å²) < 4.78 is 1.15. The van der Waals surface area contributed by atoms with Crippen LogP contribution in [0.25, 0.3) is 0 Å². The van der Waals surface area contributed by atoms with Crippen LogP contribution in [0.1, 0.15) is 22.4 Å². The Balaban J connectivity index is 2.60. The number of hydrogen-bond donors (Lipinski definition) is 0. The molecule has 0 radical (unpaired) electrons. The van der Waals surface area contributed by atoms with Gasteiger partial charge in [0.2, 0.25) is 0 Å². The van der Waals surface area contributed by atoms with Gasteiger partial charge < -0.3 is 0 Å². The third kappa shape index (κ3) is 1.45. The third-order valence-corrected chi connectivity index (χ3v) is 4.06. The largest absolute Gasteiger partial charge is 0.0843 e. The second-order valence-corrected chi connectivity index (χ2v) is 5.36. The second kappa shape index (κ2) is 3.32. The first-order chi connectivity index (χ1) is 5.68. The highest BCUT2D eigenvalue weighted by Gasteiger charge is 2.22. The molecule has 3 heteroatoms. The summed E-state index contributed by atoms with van der Waals surface area (Å²) in [5.41, 5.74) is 2.75. The summed E-state index contributed by atoms with van der Waals surface area (Å²) >= 11 is 13.1. The fourth-order valence-electron chi connectivity index (χ4n) is 1.59. The van der Waals surface area contributed by atoms with Crippen molar-refractivity contribution in [1.82, 2.24) is 0 Å². The van der Waals surface area contributed by atoms with Crippen molar-refractivity contribution in [2.45, 2.75) is 17.7 Å². The lowest BCUT2D eigenvalue weighted by Crippen LogP contribution is -1.84. The maximum atomic E-state index is 5.94. The van der Waals surface area contributed by atoms with Gasteiger partial charge in [-0.15, -0.1) is 0 Å². The van der Waals surface area contributed by atoms with E-state index >= 15 is 0 Å². The van der Waals surface area contributed by atoms with Gasteiger partial charge in [-0.25, -0.2) is 0 Å². The summed E-state index contributed by atoms with van der Waals surface area (Å²) in [6, 6.07) is 4.01. The minimum absolute atomic E-state index is 0.488. The first-order valence-corrected chi connectivity index (χ1v) is 5.89. The first kappa shape index (κ1) is 9.04. The Morgan fingerprint density at radius 2 is 2.17 bits per heavy atom. The van der Waals surface area contributed by atoms with Gasteiger partial charge in [0.15, 0.2) is 0 Å². The average Bonchev–Trinajstić information content (AvgIpc) is 2.33. The van der Waals surface area contributed by atoms with E-state index in [-0.39, 0.29) is 0 Å². The SMILES string of the molecule is Clc1cc(Br)c2c(c1)C(Br)CC2. The predicted molar refractivity (Wildman–Crippen MR) is 59.1 cm³/mol. The minimum atomic E-state index is 0.488. The summed E-state index contributed by atoms with van der Waals surface area (Å²) in [5, 5.41) is 0.812. The molecule has 0 amide bonds. The molecule has 0 fully saturated rings. The molecule has 0 spiro atoms. The summed E-state index contributed by atoms with van der Waals surface area (Å²) in [4.78, 5) is 0.488. The fraction of sp³-hybridized carbons (Fsp3) is 0.333. The van der Waals surface area contributed by atoms with Gasteiger partial charge in [-0.05, 0) is 36.1 Å². The molecular formula is C9H7Br2Cl. The molecule has 0 aliphatic heterocycles. The molecule has 2 rings (SSSR count). The number of rotatable bonds is 0. The van der Waals surface area contributed by atoms with E-state index in [0.29, 0.717) is 4.83 Å². The minimum Gasteiger partial charge on any atom is -0.0843 e. The lowest BCUT2D eigenvalue weighted by molar-refractivity contribution is 0.902. The molecule has 0 heterocycles. The molecule has 1 aromatic carbocycles. The number of fused-ring (bicyclic) bond motifs is 1. The van der Waals surface area contributed by atoms with Crippen LogP contribution in [0.15, 0.2) is 16.6 Å². The Hall–Kier alpha value is 0.470. The Bertz CT molecular complexity index is 323. The van der Waals surface area contributed by atoms with Crippen molar-refractivity contribution in [3.8, 4) is 0 Å². The standard InChI is InChI=1S/C9H7Br2Cl/c10-8-2-1-6-7(8)3-5(12)4-9(6)11/h3-4,8H,1-2H2. The van der Waals surface area contributed by atoms with Crippen LogP contribution in [0.5, 0.6) is 0 Å². The molecular weight excluding hydrogens is 303 g/mol. The van der Waals surface area contributed by atoms with Crippen molar-refractivity contribution in [3.05, 3.63) is 32.8 Å². The summed E-state index contributed by atoms with van der Waals surface area (Å²) in [7, 11) is 0. The van der Waals surface area contributed by atoms with E-state index in [2.05, 4.69) is 31.9 Å². The third-order valence-electron chi connectivity index (χ3n) is 2.18. The van der Waals surface area contributed by atoms with E-state index < -0.39 is 0 Å². The zero-order valence-electron chi connectivity index (χ0n) is 6.28. The molecule has 0 nitrogen and oxygen atoms in total. The van der Waals surface area contributed by atoms with Crippen LogP contribution in [-0.4, -0.2) is 0 Å². The van der Waals surface area contributed by atoms with Gasteiger partial charge in [0.05, 0.1) is 0 Å². The molecule has 1 aromatic rings. The highest BCUT2D eigenvalue weighted by molar-refractivity contribution is 9.10. The molecule has 0 aromatic heterocycles. The van der Waals surface area contributed by atoms with Crippen molar-refractivity contribution in [2.24, 2.45) is 0 Å². The fourth-order valence-corrected chi connectivity index (χ4v) is 3.26. The zero-order chi connectivity index (χ0) is 8.72. The van der Waals surface area contributed by atoms with Crippen molar-refractivity contribution >= 4 is 43.5 Å². The van der Waals surface area contributed by atoms with Gasteiger partial charge in [-0.1, -0.05) is 43.5 Å². The van der Waals surface area contributed by atoms with Crippen LogP contribution in [0.3, 0.4) is 0 Å². The van der Waals surface area contributed by atoms with Crippen LogP contribution in [0.2, 0.25) is 5.02 Å². The van der Waals surface area contributed by atoms with Crippen LogP contribution < -0.4 is 0 Å². The number of halogens is 3. The van der Waals surface area contributed by atoms with E-state index in [1.165, 1.54) is 17.5 Å². The average molecular weight is 310 g/mol. The monoisotopic (exact) mass is 308 g/mol. The molecule has 64 valence electrons. The smallest absolute Gasteiger partial charge is 0.0420 e. The maximum Gasteiger partial charge on any atom is 0.0420 e. The molecule has 1 aliphatic rings. The molecule has 1 aliphatic carbocycles. The summed E-state index contributed by atoms with van der Waals surface area (Å²) in [6.45, 7) is 0. The predicted octanol–water partition coefficient (Wildman–Crippen LogP) is 4.48. The lowest BCUT2D eigenvalue weighted by atomic mass is 10.1. The zero-order valence-corrected chi connectivity index (χ0v) is 10.2. The quantitative estimate of drug-likeness (QED) is 0.620. The van der Waals surface area contributed by atoms with Crippen molar-refractivity contribution in [1.29, 1.82) is 0 Å². The van der Waals surface area contributed by atoms with Gasteiger partial charge in [-0.3, -0.25) is 0 Å². The molecule has 1 unspecified atom stereocenters. The van der Waals surface area contributed by atoms with E-state index in [9.17, 15) is 0 Å². The van der Waals surface area contributed by atoms with E-state index in [1.807, 2.05) is 12.1 Å². The number of benzene rings is 1. The Morgan fingerprint density at radius 1 is 1.42 bits per heavy atom. The van der Waals surface area contributed by atoms with Crippen molar-refractivity contribution in [3.63, 3.8) is 0 Å². The maximum absolute atomic E-state index is 5.94. The number of alkyl halides is 1. The molecule has 0 saturated carbocycles. The summed E-state index contributed by atoms with van der Waals surface area (Å²) in [6.07, 6.45) is 2.32. The van der Waals surface area contributed by atoms with E-state index in [1.54, 1.807) is 0 Å². The van der Waals surface area contributed by atoms with Gasteiger partial charge >= 0.3 is 0 Å². The van der Waals surface area contributed by atoms with Crippen LogP contribution in [0.4, 0.5) is 0 Å². The lowest BCUT2D eigenvalue weighted by Gasteiger charge is -2.05. The van der Waals surface area contributed by atoms with Gasteiger partial charge in [-0.2, -0.15) is 0 Å². The second-order valence-electron chi connectivity index (χ2n) is 2.96. The first-order valence-electron chi connectivity index (χ1n) is 3.80. The molecule has 0 saturated heterocycles. The molecule has 0 bridgehead atoms. The molecule has 1 atom stereocenters. The van der Waals surface area contributed by atoms with E-state index in [4.69, 9.17) is 11.6 Å². The van der Waals surface area contributed by atoms with E-state index in [0.717, 1.165) is 15.9 Å². The van der Waals surface area contributed by atoms with Gasteiger partial charge in [0, 0.05) is 14.3 Å². The Morgan fingerprint density at radius 3 is 2.92 bits per heavy atom. The van der Waals surface area contributed by atoms with Crippen LogP contribution in [-0.2, 0) is 6.42 Å². The van der Waals surface area contributed by atoms with Gasteiger partial charge in [0.1, 0.15) is 0 Å². The Kier molecular flexibility index (Phi) is 2.50.